The van der Waals surface area contributed by atoms with E-state index in [1.54, 1.807) is 4.57 Å². The standard InChI is InChI=1S/C24H22N6O2/c1-26-16-6-8-17(9-7-16)28-24-27-12-19-21(31)20(22(25)32)13-30(23(19)29-24)18-10-5-14-3-2-4-15(14)11-18/h5-13,26H,2-4H2,1H3,(H2,25,32)(H,27,28,29). The maximum atomic E-state index is 12.9. The van der Waals surface area contributed by atoms with E-state index >= 15 is 0 Å². The summed E-state index contributed by atoms with van der Waals surface area (Å²) in [5, 5.41) is 6.47. The van der Waals surface area contributed by atoms with Crippen LogP contribution in [0.3, 0.4) is 0 Å². The van der Waals surface area contributed by atoms with Gasteiger partial charge in [-0.25, -0.2) is 4.98 Å². The van der Waals surface area contributed by atoms with E-state index in [0.29, 0.717) is 11.6 Å². The molecule has 8 nitrogen and oxygen atoms in total. The highest BCUT2D eigenvalue weighted by atomic mass is 16.2. The van der Waals surface area contributed by atoms with Crippen LogP contribution in [0.15, 0.2) is 59.7 Å². The van der Waals surface area contributed by atoms with Crippen LogP contribution < -0.4 is 21.8 Å². The van der Waals surface area contributed by atoms with Gasteiger partial charge in [-0.3, -0.25) is 9.59 Å². The van der Waals surface area contributed by atoms with Crippen LogP contribution in [0.4, 0.5) is 17.3 Å². The molecule has 2 aromatic carbocycles. The maximum Gasteiger partial charge on any atom is 0.254 e. The molecule has 2 aromatic heterocycles. The minimum atomic E-state index is -0.779. The molecular formula is C24H22N6O2. The second-order valence-corrected chi connectivity index (χ2v) is 7.80. The molecule has 0 saturated carbocycles. The monoisotopic (exact) mass is 426 g/mol. The summed E-state index contributed by atoms with van der Waals surface area (Å²) in [5.74, 6) is -0.436. The van der Waals surface area contributed by atoms with Crippen LogP contribution in [-0.4, -0.2) is 27.5 Å². The largest absolute Gasteiger partial charge is 0.388 e. The van der Waals surface area contributed by atoms with Gasteiger partial charge >= 0.3 is 0 Å². The van der Waals surface area contributed by atoms with Crippen LogP contribution in [0.1, 0.15) is 27.9 Å². The average molecular weight is 426 g/mol. The Hall–Kier alpha value is -4.20. The van der Waals surface area contributed by atoms with Crippen LogP contribution in [0.5, 0.6) is 0 Å². The van der Waals surface area contributed by atoms with Crippen molar-refractivity contribution in [3.63, 3.8) is 0 Å². The van der Waals surface area contributed by atoms with Gasteiger partial charge in [0.2, 0.25) is 11.4 Å². The number of pyridine rings is 1. The number of nitrogens with zero attached hydrogens (tertiary/aromatic N) is 3. The Bertz CT molecular complexity index is 1410. The van der Waals surface area contributed by atoms with Gasteiger partial charge in [0.25, 0.3) is 5.91 Å². The van der Waals surface area contributed by atoms with E-state index in [0.717, 1.165) is 36.3 Å². The minimum Gasteiger partial charge on any atom is -0.388 e. The molecule has 0 unspecified atom stereocenters. The van der Waals surface area contributed by atoms with E-state index in [9.17, 15) is 9.59 Å². The number of aromatic nitrogens is 3. The van der Waals surface area contributed by atoms with Gasteiger partial charge in [0.15, 0.2) is 5.65 Å². The van der Waals surface area contributed by atoms with Crippen LogP contribution in [0.2, 0.25) is 0 Å². The lowest BCUT2D eigenvalue weighted by Crippen LogP contribution is -2.24. The number of carbonyl (C=O) groups is 1. The highest BCUT2D eigenvalue weighted by Gasteiger charge is 2.18. The maximum absolute atomic E-state index is 12.9. The summed E-state index contributed by atoms with van der Waals surface area (Å²) in [5.41, 5.74) is 10.5. The SMILES string of the molecule is CNc1ccc(Nc2ncc3c(=O)c(C(N)=O)cn(-c4ccc5c(c4)CCC5)c3n2)cc1. The van der Waals surface area contributed by atoms with Crippen molar-refractivity contribution in [3.05, 3.63) is 81.8 Å². The third-order valence-electron chi connectivity index (χ3n) is 5.80. The molecule has 1 aliphatic carbocycles. The number of anilines is 3. The van der Waals surface area contributed by atoms with Crippen LogP contribution in [-0.2, 0) is 12.8 Å². The Labute approximate surface area is 184 Å². The fourth-order valence-electron chi connectivity index (χ4n) is 4.10. The molecule has 1 amide bonds. The van der Waals surface area contributed by atoms with Crippen molar-refractivity contribution in [2.24, 2.45) is 5.73 Å². The summed E-state index contributed by atoms with van der Waals surface area (Å²) < 4.78 is 1.74. The van der Waals surface area contributed by atoms with Crippen molar-refractivity contribution < 1.29 is 4.79 Å². The molecule has 0 saturated heterocycles. The third kappa shape index (κ3) is 3.45. The zero-order valence-corrected chi connectivity index (χ0v) is 17.6. The molecule has 160 valence electrons. The predicted octanol–water partition coefficient (Wildman–Crippen LogP) is 3.15. The number of nitrogens with one attached hydrogen (secondary N) is 2. The first-order chi connectivity index (χ1) is 15.5. The van der Waals surface area contributed by atoms with Crippen molar-refractivity contribution in [3.8, 4) is 5.69 Å². The quantitative estimate of drug-likeness (QED) is 0.452. The number of rotatable bonds is 5. The number of carbonyl (C=O) groups excluding carboxylic acids is 1. The highest BCUT2D eigenvalue weighted by Crippen LogP contribution is 2.26. The smallest absolute Gasteiger partial charge is 0.254 e. The first kappa shape index (κ1) is 19.7. The van der Waals surface area contributed by atoms with Gasteiger partial charge < -0.3 is 20.9 Å². The lowest BCUT2D eigenvalue weighted by molar-refractivity contribution is 0.0999. The van der Waals surface area contributed by atoms with Crippen molar-refractivity contribution in [1.82, 2.24) is 14.5 Å². The average Bonchev–Trinajstić information content (AvgIpc) is 3.27. The molecule has 0 atom stereocenters. The fraction of sp³-hybridized carbons (Fsp3) is 0.167. The van der Waals surface area contributed by atoms with Gasteiger partial charge in [-0.05, 0) is 66.8 Å². The molecule has 0 spiro atoms. The van der Waals surface area contributed by atoms with E-state index in [4.69, 9.17) is 5.73 Å². The second kappa shape index (κ2) is 7.81. The van der Waals surface area contributed by atoms with Gasteiger partial charge in [0, 0.05) is 36.5 Å². The van der Waals surface area contributed by atoms with Crippen molar-refractivity contribution in [2.45, 2.75) is 19.3 Å². The highest BCUT2D eigenvalue weighted by molar-refractivity contribution is 5.96. The predicted molar refractivity (Wildman–Crippen MR) is 125 cm³/mol. The zero-order valence-electron chi connectivity index (χ0n) is 17.6. The topological polar surface area (TPSA) is 115 Å². The first-order valence-electron chi connectivity index (χ1n) is 10.4. The Morgan fingerprint density at radius 2 is 1.81 bits per heavy atom. The minimum absolute atomic E-state index is 0.0926. The number of aryl methyl sites for hydroxylation is 2. The number of hydrogen-bond acceptors (Lipinski definition) is 6. The molecule has 0 radical (unpaired) electrons. The molecule has 8 heteroatoms. The molecule has 0 aliphatic heterocycles. The molecule has 4 N–H and O–H groups in total. The molecule has 2 heterocycles. The number of hydrogen-bond donors (Lipinski definition) is 3. The summed E-state index contributed by atoms with van der Waals surface area (Å²) in [6.07, 6.45) is 6.11. The van der Waals surface area contributed by atoms with E-state index in [-0.39, 0.29) is 10.9 Å². The van der Waals surface area contributed by atoms with Gasteiger partial charge in [0.1, 0.15) is 5.56 Å². The molecule has 32 heavy (non-hydrogen) atoms. The Balaban J connectivity index is 1.66. The lowest BCUT2D eigenvalue weighted by Gasteiger charge is -2.14. The molecule has 0 bridgehead atoms. The molecule has 4 aromatic rings. The van der Waals surface area contributed by atoms with E-state index < -0.39 is 11.3 Å². The summed E-state index contributed by atoms with van der Waals surface area (Å²) >= 11 is 0. The number of fused-ring (bicyclic) bond motifs is 2. The van der Waals surface area contributed by atoms with Crippen molar-refractivity contribution in [1.29, 1.82) is 0 Å². The lowest BCUT2D eigenvalue weighted by atomic mass is 10.1. The number of amides is 1. The zero-order chi connectivity index (χ0) is 22.2. The Morgan fingerprint density at radius 1 is 1.06 bits per heavy atom. The number of primary amides is 1. The van der Waals surface area contributed by atoms with Crippen molar-refractivity contribution >= 4 is 34.3 Å². The normalized spacial score (nSPS) is 12.5. The summed E-state index contributed by atoms with van der Waals surface area (Å²) in [6, 6.07) is 13.8. The van der Waals surface area contributed by atoms with Gasteiger partial charge in [-0.2, -0.15) is 4.98 Å². The Morgan fingerprint density at radius 3 is 2.56 bits per heavy atom. The summed E-state index contributed by atoms with van der Waals surface area (Å²) in [4.78, 5) is 33.7. The van der Waals surface area contributed by atoms with Crippen LogP contribution in [0, 0.1) is 0 Å². The number of benzene rings is 2. The van der Waals surface area contributed by atoms with Crippen molar-refractivity contribution in [2.75, 3.05) is 17.7 Å². The first-order valence-corrected chi connectivity index (χ1v) is 10.4. The molecule has 0 fully saturated rings. The molecular weight excluding hydrogens is 404 g/mol. The van der Waals surface area contributed by atoms with E-state index in [2.05, 4.69) is 32.7 Å². The van der Waals surface area contributed by atoms with Gasteiger partial charge in [-0.1, -0.05) is 6.07 Å². The molecule has 1 aliphatic rings. The van der Waals surface area contributed by atoms with Gasteiger partial charge in [-0.15, -0.1) is 0 Å². The van der Waals surface area contributed by atoms with E-state index in [1.807, 2.05) is 37.4 Å². The fourth-order valence-corrected chi connectivity index (χ4v) is 4.10. The summed E-state index contributed by atoms with van der Waals surface area (Å²) in [7, 11) is 1.85. The van der Waals surface area contributed by atoms with Crippen LogP contribution in [0.25, 0.3) is 16.7 Å². The Kier molecular flexibility index (Phi) is 4.82. The third-order valence-corrected chi connectivity index (χ3v) is 5.80. The second-order valence-electron chi connectivity index (χ2n) is 7.80. The molecule has 5 rings (SSSR count). The summed E-state index contributed by atoms with van der Waals surface area (Å²) in [6.45, 7) is 0. The number of nitrogens with two attached hydrogens (primary N) is 1. The van der Waals surface area contributed by atoms with E-state index in [1.165, 1.54) is 23.5 Å². The van der Waals surface area contributed by atoms with Crippen LogP contribution >= 0.6 is 0 Å². The van der Waals surface area contributed by atoms with Gasteiger partial charge in [0.05, 0.1) is 5.39 Å².